The molecule has 2 unspecified atom stereocenters. The first-order valence-corrected chi connectivity index (χ1v) is 11.6. The molecule has 0 saturated carbocycles. The standard InChI is InChI=1S/C31H21F2N/c32-23-5-3-6-25(17-23)34-30-12-10-20(16-28(30)29-18-24(33)11-13-31(29)34)19-8-9-22-14-21-4-1-2-7-26(21)27(22)15-19/h1-13,15-18,28,30H,14H2. The van der Waals surface area contributed by atoms with Crippen molar-refractivity contribution < 1.29 is 8.78 Å². The van der Waals surface area contributed by atoms with Gasteiger partial charge in [0.1, 0.15) is 11.6 Å². The number of rotatable bonds is 2. The molecule has 0 aromatic heterocycles. The van der Waals surface area contributed by atoms with Gasteiger partial charge in [0, 0.05) is 17.3 Å². The molecule has 2 aliphatic carbocycles. The third-order valence-corrected chi connectivity index (χ3v) is 7.32. The zero-order valence-corrected chi connectivity index (χ0v) is 18.4. The second-order valence-corrected chi connectivity index (χ2v) is 9.26. The summed E-state index contributed by atoms with van der Waals surface area (Å²) in [6.45, 7) is 0. The first kappa shape index (κ1) is 19.5. The van der Waals surface area contributed by atoms with Crippen LogP contribution in [0.2, 0.25) is 0 Å². The van der Waals surface area contributed by atoms with Crippen LogP contribution < -0.4 is 4.90 Å². The van der Waals surface area contributed by atoms with Crippen LogP contribution in [0, 0.1) is 11.6 Å². The SMILES string of the molecule is Fc1cccc(N2c3ccc(F)cc3C3C=C(c4ccc5c(c4)-c4ccccc4C5)C=CC32)c1. The maximum Gasteiger partial charge on any atom is 0.125 e. The van der Waals surface area contributed by atoms with E-state index in [0.717, 1.165) is 34.5 Å². The lowest BCUT2D eigenvalue weighted by molar-refractivity contribution is 0.624. The molecular weight excluding hydrogens is 424 g/mol. The van der Waals surface area contributed by atoms with Gasteiger partial charge in [0.2, 0.25) is 0 Å². The predicted octanol–water partition coefficient (Wildman–Crippen LogP) is 7.79. The summed E-state index contributed by atoms with van der Waals surface area (Å²) in [5, 5.41) is 0. The van der Waals surface area contributed by atoms with Crippen LogP contribution in [0.4, 0.5) is 20.2 Å². The zero-order chi connectivity index (χ0) is 22.8. The Morgan fingerprint density at radius 3 is 2.50 bits per heavy atom. The fourth-order valence-corrected chi connectivity index (χ4v) is 5.80. The van der Waals surface area contributed by atoms with Gasteiger partial charge in [-0.3, -0.25) is 0 Å². The average Bonchev–Trinajstić information content (AvgIpc) is 3.38. The smallest absolute Gasteiger partial charge is 0.125 e. The number of hydrogen-bond donors (Lipinski definition) is 0. The van der Waals surface area contributed by atoms with Gasteiger partial charge in [0.25, 0.3) is 0 Å². The molecule has 2 atom stereocenters. The summed E-state index contributed by atoms with van der Waals surface area (Å²) < 4.78 is 28.4. The molecule has 1 nitrogen and oxygen atoms in total. The van der Waals surface area contributed by atoms with Crippen molar-refractivity contribution >= 4 is 16.9 Å². The summed E-state index contributed by atoms with van der Waals surface area (Å²) in [6, 6.07) is 26.8. The molecule has 0 amide bonds. The minimum absolute atomic E-state index is 0.0190. The van der Waals surface area contributed by atoms with Crippen molar-refractivity contribution in [1.82, 2.24) is 0 Å². The summed E-state index contributed by atoms with van der Waals surface area (Å²) in [7, 11) is 0. The second-order valence-electron chi connectivity index (χ2n) is 9.26. The maximum absolute atomic E-state index is 14.3. The lowest BCUT2D eigenvalue weighted by Crippen LogP contribution is -2.29. The molecule has 0 N–H and O–H groups in total. The van der Waals surface area contributed by atoms with Crippen LogP contribution in [-0.2, 0) is 6.42 Å². The van der Waals surface area contributed by atoms with Gasteiger partial charge in [0.05, 0.1) is 6.04 Å². The minimum Gasteiger partial charge on any atom is -0.333 e. The van der Waals surface area contributed by atoms with Crippen molar-refractivity contribution in [3.05, 3.63) is 137 Å². The van der Waals surface area contributed by atoms with Crippen molar-refractivity contribution in [3.63, 3.8) is 0 Å². The van der Waals surface area contributed by atoms with Crippen molar-refractivity contribution in [1.29, 1.82) is 0 Å². The quantitative estimate of drug-likeness (QED) is 0.268. The molecule has 4 aromatic rings. The fourth-order valence-electron chi connectivity index (χ4n) is 5.80. The predicted molar refractivity (Wildman–Crippen MR) is 133 cm³/mol. The fraction of sp³-hybridized carbons (Fsp3) is 0.0968. The van der Waals surface area contributed by atoms with E-state index in [0.29, 0.717) is 0 Å². The molecule has 1 aliphatic heterocycles. The normalized spacial score (nSPS) is 19.4. The zero-order valence-electron chi connectivity index (χ0n) is 18.4. The summed E-state index contributed by atoms with van der Waals surface area (Å²) >= 11 is 0. The minimum atomic E-state index is -0.279. The Labute approximate surface area is 197 Å². The van der Waals surface area contributed by atoms with Gasteiger partial charge in [-0.1, -0.05) is 60.7 Å². The molecular formula is C31H21F2N. The highest BCUT2D eigenvalue weighted by Gasteiger charge is 2.38. The Kier molecular flexibility index (Phi) is 4.16. The summed E-state index contributed by atoms with van der Waals surface area (Å²) in [5.41, 5.74) is 10.2. The van der Waals surface area contributed by atoms with Gasteiger partial charge in [-0.05, 0) is 87.8 Å². The van der Waals surface area contributed by atoms with E-state index in [4.69, 9.17) is 0 Å². The van der Waals surface area contributed by atoms with E-state index in [-0.39, 0.29) is 23.6 Å². The Balaban J connectivity index is 1.32. The highest BCUT2D eigenvalue weighted by molar-refractivity contribution is 5.86. The monoisotopic (exact) mass is 445 g/mol. The van der Waals surface area contributed by atoms with Crippen molar-refractivity contribution in [2.75, 3.05) is 4.90 Å². The van der Waals surface area contributed by atoms with Crippen LogP contribution in [0.3, 0.4) is 0 Å². The van der Waals surface area contributed by atoms with Gasteiger partial charge in [0.15, 0.2) is 0 Å². The Morgan fingerprint density at radius 2 is 1.59 bits per heavy atom. The molecule has 0 saturated heterocycles. The Bertz CT molecular complexity index is 1530. The van der Waals surface area contributed by atoms with Gasteiger partial charge in [-0.2, -0.15) is 0 Å². The lowest BCUT2D eigenvalue weighted by atomic mass is 9.85. The number of fused-ring (bicyclic) bond motifs is 6. The van der Waals surface area contributed by atoms with Gasteiger partial charge in [-0.25, -0.2) is 8.78 Å². The number of nitrogens with zero attached hydrogens (tertiary/aromatic N) is 1. The van der Waals surface area contributed by atoms with Crippen LogP contribution in [0.25, 0.3) is 16.7 Å². The maximum atomic E-state index is 14.3. The number of anilines is 2. The van der Waals surface area contributed by atoms with Crippen LogP contribution in [0.1, 0.15) is 28.2 Å². The Hall–Kier alpha value is -3.98. The molecule has 0 spiro atoms. The van der Waals surface area contributed by atoms with Crippen molar-refractivity contribution in [2.24, 2.45) is 0 Å². The lowest BCUT2D eigenvalue weighted by Gasteiger charge is -2.29. The molecule has 4 aromatic carbocycles. The molecule has 1 heterocycles. The molecule has 34 heavy (non-hydrogen) atoms. The van der Waals surface area contributed by atoms with Crippen molar-refractivity contribution in [3.8, 4) is 11.1 Å². The van der Waals surface area contributed by atoms with E-state index in [2.05, 4.69) is 65.6 Å². The third kappa shape index (κ3) is 2.90. The Morgan fingerprint density at radius 1 is 0.735 bits per heavy atom. The first-order valence-electron chi connectivity index (χ1n) is 11.6. The molecule has 3 heteroatoms. The van der Waals surface area contributed by atoms with Crippen LogP contribution in [0.15, 0.2) is 103 Å². The molecule has 7 rings (SSSR count). The second kappa shape index (κ2) is 7.26. The van der Waals surface area contributed by atoms with E-state index in [1.165, 1.54) is 34.4 Å². The molecule has 164 valence electrons. The number of hydrogen-bond acceptors (Lipinski definition) is 1. The largest absolute Gasteiger partial charge is 0.333 e. The van der Waals surface area contributed by atoms with Gasteiger partial charge >= 0.3 is 0 Å². The van der Waals surface area contributed by atoms with E-state index in [1.807, 2.05) is 12.1 Å². The van der Waals surface area contributed by atoms with Crippen LogP contribution >= 0.6 is 0 Å². The number of benzene rings is 4. The van der Waals surface area contributed by atoms with Crippen LogP contribution in [0.5, 0.6) is 0 Å². The van der Waals surface area contributed by atoms with Crippen molar-refractivity contribution in [2.45, 2.75) is 18.4 Å². The van der Waals surface area contributed by atoms with Crippen LogP contribution in [-0.4, -0.2) is 6.04 Å². The first-order chi connectivity index (χ1) is 16.7. The molecule has 0 bridgehead atoms. The van der Waals surface area contributed by atoms with Gasteiger partial charge in [-0.15, -0.1) is 0 Å². The highest BCUT2D eigenvalue weighted by atomic mass is 19.1. The summed E-state index contributed by atoms with van der Waals surface area (Å²) in [4.78, 5) is 2.12. The summed E-state index contributed by atoms with van der Waals surface area (Å²) in [6.07, 6.45) is 7.54. The van der Waals surface area contributed by atoms with E-state index < -0.39 is 0 Å². The number of allylic oxidation sites excluding steroid dienone is 2. The molecule has 0 fully saturated rings. The third-order valence-electron chi connectivity index (χ3n) is 7.32. The topological polar surface area (TPSA) is 3.24 Å². The highest BCUT2D eigenvalue weighted by Crippen LogP contribution is 2.49. The van der Waals surface area contributed by atoms with Gasteiger partial charge < -0.3 is 4.90 Å². The van der Waals surface area contributed by atoms with E-state index in [1.54, 1.807) is 18.2 Å². The average molecular weight is 446 g/mol. The van der Waals surface area contributed by atoms with E-state index >= 15 is 0 Å². The van der Waals surface area contributed by atoms with E-state index in [9.17, 15) is 8.78 Å². The number of halogens is 2. The summed E-state index contributed by atoms with van der Waals surface area (Å²) in [5.74, 6) is -0.550. The molecule has 3 aliphatic rings. The molecule has 0 radical (unpaired) electrons.